The number of thiocarbonyl (C=S) groups is 1. The number of nitrogens with two attached hydrogens (primary N) is 1. The molecule has 0 aliphatic carbocycles. The number of halogens is 1. The zero-order valence-corrected chi connectivity index (χ0v) is 15.9. The summed E-state index contributed by atoms with van der Waals surface area (Å²) in [7, 11) is -3.40. The van der Waals surface area contributed by atoms with Gasteiger partial charge in [-0.1, -0.05) is 12.2 Å². The van der Waals surface area contributed by atoms with E-state index in [1.54, 1.807) is 12.1 Å². The van der Waals surface area contributed by atoms with Gasteiger partial charge in [0.1, 0.15) is 4.21 Å². The molecule has 0 spiro atoms. The molecule has 118 valence electrons. The van der Waals surface area contributed by atoms with E-state index in [9.17, 15) is 8.42 Å². The molecule has 0 radical (unpaired) electrons. The van der Waals surface area contributed by atoms with E-state index in [2.05, 4.69) is 20.8 Å². The van der Waals surface area contributed by atoms with E-state index in [1.165, 1.54) is 15.6 Å². The first-order valence-corrected chi connectivity index (χ1v) is 9.92. The van der Waals surface area contributed by atoms with Crippen LogP contribution in [0.25, 0.3) is 0 Å². The fraction of sp³-hybridized carbons (Fsp3) is 0.583. The highest BCUT2D eigenvalue weighted by atomic mass is 79.9. The molecule has 2 N–H and O–H groups in total. The molecular weight excluding hydrogens is 394 g/mol. The van der Waals surface area contributed by atoms with E-state index in [4.69, 9.17) is 18.0 Å². The van der Waals surface area contributed by atoms with E-state index in [-0.39, 0.29) is 0 Å². The summed E-state index contributed by atoms with van der Waals surface area (Å²) < 4.78 is 27.8. The summed E-state index contributed by atoms with van der Waals surface area (Å²) in [5.74, 6) is 0. The van der Waals surface area contributed by atoms with Gasteiger partial charge in [0.15, 0.2) is 0 Å². The third-order valence-electron chi connectivity index (χ3n) is 3.77. The van der Waals surface area contributed by atoms with Crippen LogP contribution in [0, 0.1) is 0 Å². The molecule has 2 heterocycles. The third kappa shape index (κ3) is 3.48. The standard InChI is InChI=1S/C12H18BrN3O2S3/c1-12(2,11(14)19)15-5-7-16(8-6-15)21(17,18)10-4-3-9(13)20-10/h3-4H,5-8H2,1-2H3,(H2,14,19). The van der Waals surface area contributed by atoms with Crippen LogP contribution in [0.5, 0.6) is 0 Å². The molecule has 21 heavy (non-hydrogen) atoms. The van der Waals surface area contributed by atoms with E-state index < -0.39 is 15.6 Å². The Kier molecular flexibility index (Phi) is 5.11. The predicted molar refractivity (Wildman–Crippen MR) is 93.2 cm³/mol. The Morgan fingerprint density at radius 2 is 1.90 bits per heavy atom. The normalized spacial score (nSPS) is 18.8. The summed E-state index contributed by atoms with van der Waals surface area (Å²) in [5, 5.41) is 0. The molecule has 1 saturated heterocycles. The minimum atomic E-state index is -3.40. The van der Waals surface area contributed by atoms with Gasteiger partial charge in [0.2, 0.25) is 0 Å². The predicted octanol–water partition coefficient (Wildman–Crippen LogP) is 1.88. The minimum absolute atomic E-state index is 0.372. The van der Waals surface area contributed by atoms with Crippen molar-refractivity contribution in [2.75, 3.05) is 26.2 Å². The molecule has 0 bridgehead atoms. The molecule has 5 nitrogen and oxygen atoms in total. The maximum absolute atomic E-state index is 12.5. The van der Waals surface area contributed by atoms with Crippen molar-refractivity contribution < 1.29 is 8.42 Å². The molecule has 0 unspecified atom stereocenters. The van der Waals surface area contributed by atoms with Crippen LogP contribution in [0.3, 0.4) is 0 Å². The smallest absolute Gasteiger partial charge is 0.252 e. The molecule has 0 amide bonds. The van der Waals surface area contributed by atoms with Crippen molar-refractivity contribution in [2.24, 2.45) is 5.73 Å². The van der Waals surface area contributed by atoms with Crippen LogP contribution in [0.2, 0.25) is 0 Å². The maximum Gasteiger partial charge on any atom is 0.252 e. The molecule has 2 rings (SSSR count). The molecule has 1 aliphatic rings. The number of sulfonamides is 1. The molecule has 9 heteroatoms. The minimum Gasteiger partial charge on any atom is -0.392 e. The number of piperazine rings is 1. The number of thiophene rings is 1. The van der Waals surface area contributed by atoms with Crippen molar-refractivity contribution in [3.05, 3.63) is 15.9 Å². The summed E-state index contributed by atoms with van der Waals surface area (Å²) in [6.45, 7) is 6.08. The molecule has 0 saturated carbocycles. The topological polar surface area (TPSA) is 66.6 Å². The summed E-state index contributed by atoms with van der Waals surface area (Å²) in [6.07, 6.45) is 0. The lowest BCUT2D eigenvalue weighted by Gasteiger charge is -2.42. The van der Waals surface area contributed by atoms with Crippen LogP contribution in [0.15, 0.2) is 20.1 Å². The van der Waals surface area contributed by atoms with Crippen LogP contribution < -0.4 is 5.73 Å². The highest BCUT2D eigenvalue weighted by Crippen LogP contribution is 2.29. The van der Waals surface area contributed by atoms with Gasteiger partial charge in [-0.15, -0.1) is 11.3 Å². The molecule has 0 atom stereocenters. The van der Waals surface area contributed by atoms with Gasteiger partial charge in [-0.3, -0.25) is 4.90 Å². The van der Waals surface area contributed by atoms with Crippen molar-refractivity contribution in [1.29, 1.82) is 0 Å². The number of nitrogens with zero attached hydrogens (tertiary/aromatic N) is 2. The first-order valence-electron chi connectivity index (χ1n) is 6.46. The lowest BCUT2D eigenvalue weighted by atomic mass is 10.0. The van der Waals surface area contributed by atoms with E-state index in [1.807, 2.05) is 13.8 Å². The Hall–Kier alpha value is -0.0600. The van der Waals surface area contributed by atoms with Crippen LogP contribution in [-0.4, -0.2) is 54.3 Å². The Morgan fingerprint density at radius 1 is 1.33 bits per heavy atom. The SMILES string of the molecule is CC(C)(C(N)=S)N1CCN(S(=O)(=O)c2ccc(Br)s2)CC1. The summed E-state index contributed by atoms with van der Waals surface area (Å²) in [4.78, 5) is 2.56. The fourth-order valence-corrected chi connectivity index (χ4v) is 5.92. The quantitative estimate of drug-likeness (QED) is 0.765. The average molecular weight is 412 g/mol. The lowest BCUT2D eigenvalue weighted by molar-refractivity contribution is 0.123. The molecule has 1 fully saturated rings. The largest absolute Gasteiger partial charge is 0.392 e. The maximum atomic E-state index is 12.5. The van der Waals surface area contributed by atoms with E-state index >= 15 is 0 Å². The van der Waals surface area contributed by atoms with Crippen LogP contribution in [-0.2, 0) is 10.0 Å². The first-order chi connectivity index (χ1) is 9.65. The zero-order chi connectivity index (χ0) is 15.8. The Balaban J connectivity index is 2.09. The van der Waals surface area contributed by atoms with Crippen molar-refractivity contribution in [2.45, 2.75) is 23.6 Å². The molecule has 1 aliphatic heterocycles. The molecule has 0 aromatic carbocycles. The monoisotopic (exact) mass is 411 g/mol. The van der Waals surface area contributed by atoms with Gasteiger partial charge in [-0.25, -0.2) is 8.42 Å². The van der Waals surface area contributed by atoms with Crippen molar-refractivity contribution in [3.63, 3.8) is 0 Å². The van der Waals surface area contributed by atoms with Crippen molar-refractivity contribution in [1.82, 2.24) is 9.21 Å². The highest BCUT2D eigenvalue weighted by Gasteiger charge is 2.36. The van der Waals surface area contributed by atoms with Crippen LogP contribution in [0.1, 0.15) is 13.8 Å². The summed E-state index contributed by atoms with van der Waals surface area (Å²) >= 11 is 9.63. The Morgan fingerprint density at radius 3 is 2.33 bits per heavy atom. The lowest BCUT2D eigenvalue weighted by Crippen LogP contribution is -2.59. The number of hydrogen-bond acceptors (Lipinski definition) is 5. The van der Waals surface area contributed by atoms with Gasteiger partial charge in [-0.05, 0) is 41.9 Å². The van der Waals surface area contributed by atoms with Gasteiger partial charge < -0.3 is 5.73 Å². The number of hydrogen-bond donors (Lipinski definition) is 1. The average Bonchev–Trinajstić information content (AvgIpc) is 2.86. The van der Waals surface area contributed by atoms with E-state index in [0.29, 0.717) is 35.4 Å². The second-order valence-electron chi connectivity index (χ2n) is 5.37. The van der Waals surface area contributed by atoms with Crippen molar-refractivity contribution in [3.8, 4) is 0 Å². The van der Waals surface area contributed by atoms with Crippen molar-refractivity contribution >= 4 is 54.5 Å². The Labute approximate surface area is 143 Å². The zero-order valence-electron chi connectivity index (χ0n) is 11.9. The third-order valence-corrected chi connectivity index (χ3v) is 8.26. The molecule has 1 aromatic heterocycles. The van der Waals surface area contributed by atoms with Gasteiger partial charge in [0, 0.05) is 26.2 Å². The Bertz CT molecular complexity index is 634. The highest BCUT2D eigenvalue weighted by molar-refractivity contribution is 9.11. The van der Waals surface area contributed by atoms with Gasteiger partial charge in [0.25, 0.3) is 10.0 Å². The van der Waals surface area contributed by atoms with Gasteiger partial charge in [-0.2, -0.15) is 4.31 Å². The summed E-state index contributed by atoms with van der Waals surface area (Å²) in [5.41, 5.74) is 5.38. The van der Waals surface area contributed by atoms with E-state index in [0.717, 1.165) is 3.79 Å². The van der Waals surface area contributed by atoms with Gasteiger partial charge in [0.05, 0.1) is 14.3 Å². The second kappa shape index (κ2) is 6.21. The van der Waals surface area contributed by atoms with Gasteiger partial charge >= 0.3 is 0 Å². The fourth-order valence-electron chi connectivity index (χ4n) is 2.21. The molecular formula is C12H18BrN3O2S3. The summed E-state index contributed by atoms with van der Waals surface area (Å²) in [6, 6.07) is 3.39. The van der Waals surface area contributed by atoms with Crippen LogP contribution in [0.4, 0.5) is 0 Å². The second-order valence-corrected chi connectivity index (χ2v) is 10.4. The first kappa shape index (κ1) is 17.3. The molecule has 1 aromatic rings. The number of rotatable bonds is 4. The van der Waals surface area contributed by atoms with Crippen LogP contribution >= 0.6 is 39.5 Å².